The lowest BCUT2D eigenvalue weighted by molar-refractivity contribution is 0.0680. The number of carboxylic acid groups (broad SMARTS) is 1. The lowest BCUT2D eigenvalue weighted by Gasteiger charge is -1.98. The van der Waals surface area contributed by atoms with Crippen LogP contribution in [0.5, 0.6) is 0 Å². The van der Waals surface area contributed by atoms with E-state index in [4.69, 9.17) is 15.4 Å². The Bertz CT molecular complexity index is 519. The van der Waals surface area contributed by atoms with Crippen LogP contribution in [0.15, 0.2) is 28.8 Å². The maximum atomic E-state index is 10.5. The second-order valence-electron chi connectivity index (χ2n) is 3.56. The van der Waals surface area contributed by atoms with Crippen molar-refractivity contribution in [2.24, 2.45) is 0 Å². The SMILES string of the molecule is Nc1ccc(CCc2nc(C(=O)O)no2)cc1. The number of aryl methyl sites for hydroxylation is 2. The van der Waals surface area contributed by atoms with Crippen molar-refractivity contribution in [2.75, 3.05) is 5.73 Å². The van der Waals surface area contributed by atoms with Crippen LogP contribution in [0.2, 0.25) is 0 Å². The number of aromatic nitrogens is 2. The quantitative estimate of drug-likeness (QED) is 0.767. The number of hydrogen-bond acceptors (Lipinski definition) is 5. The van der Waals surface area contributed by atoms with Gasteiger partial charge in [0.05, 0.1) is 0 Å². The second-order valence-corrected chi connectivity index (χ2v) is 3.56. The number of anilines is 1. The number of nitrogen functional groups attached to an aromatic ring is 1. The summed E-state index contributed by atoms with van der Waals surface area (Å²) < 4.78 is 4.80. The van der Waals surface area contributed by atoms with Gasteiger partial charge in [-0.15, -0.1) is 0 Å². The highest BCUT2D eigenvalue weighted by molar-refractivity contribution is 5.82. The monoisotopic (exact) mass is 233 g/mol. The predicted octanol–water partition coefficient (Wildman–Crippen LogP) is 1.14. The molecule has 3 N–H and O–H groups in total. The van der Waals surface area contributed by atoms with Gasteiger partial charge in [-0.2, -0.15) is 4.98 Å². The third-order valence-corrected chi connectivity index (χ3v) is 2.27. The average molecular weight is 233 g/mol. The van der Waals surface area contributed by atoms with E-state index in [0.717, 1.165) is 5.56 Å². The highest BCUT2D eigenvalue weighted by atomic mass is 16.5. The molecular formula is C11H11N3O3. The van der Waals surface area contributed by atoms with Crippen molar-refractivity contribution in [2.45, 2.75) is 12.8 Å². The van der Waals surface area contributed by atoms with Crippen molar-refractivity contribution in [3.8, 4) is 0 Å². The number of carboxylic acids is 1. The van der Waals surface area contributed by atoms with Gasteiger partial charge in [-0.25, -0.2) is 4.79 Å². The van der Waals surface area contributed by atoms with Crippen LogP contribution in [-0.2, 0) is 12.8 Å². The highest BCUT2D eigenvalue weighted by Crippen LogP contribution is 2.09. The molecule has 1 aromatic carbocycles. The minimum absolute atomic E-state index is 0.308. The summed E-state index contributed by atoms with van der Waals surface area (Å²) >= 11 is 0. The van der Waals surface area contributed by atoms with Crippen molar-refractivity contribution < 1.29 is 14.4 Å². The van der Waals surface area contributed by atoms with E-state index < -0.39 is 5.97 Å². The van der Waals surface area contributed by atoms with Crippen LogP contribution in [0, 0.1) is 0 Å². The van der Waals surface area contributed by atoms with Gasteiger partial charge in [-0.05, 0) is 29.3 Å². The molecule has 2 aromatic rings. The van der Waals surface area contributed by atoms with Gasteiger partial charge < -0.3 is 15.4 Å². The summed E-state index contributed by atoms with van der Waals surface area (Å²) in [5.41, 5.74) is 7.35. The van der Waals surface area contributed by atoms with Crippen molar-refractivity contribution >= 4 is 11.7 Å². The molecule has 0 aliphatic carbocycles. The topological polar surface area (TPSA) is 102 Å². The molecule has 0 spiro atoms. The zero-order valence-electron chi connectivity index (χ0n) is 8.96. The fraction of sp³-hybridized carbons (Fsp3) is 0.182. The Hall–Kier alpha value is -2.37. The van der Waals surface area contributed by atoms with Gasteiger partial charge in [0, 0.05) is 12.1 Å². The molecule has 17 heavy (non-hydrogen) atoms. The fourth-order valence-corrected chi connectivity index (χ4v) is 1.38. The van der Waals surface area contributed by atoms with E-state index in [-0.39, 0.29) is 5.82 Å². The lowest BCUT2D eigenvalue weighted by atomic mass is 10.1. The Balaban J connectivity index is 1.97. The molecule has 0 radical (unpaired) electrons. The summed E-state index contributed by atoms with van der Waals surface area (Å²) in [4.78, 5) is 14.3. The van der Waals surface area contributed by atoms with Crippen molar-refractivity contribution in [3.05, 3.63) is 41.5 Å². The molecular weight excluding hydrogens is 222 g/mol. The molecule has 6 heteroatoms. The molecule has 0 saturated carbocycles. The maximum absolute atomic E-state index is 10.5. The average Bonchev–Trinajstić information content (AvgIpc) is 2.77. The first kappa shape index (κ1) is 11.1. The van der Waals surface area contributed by atoms with E-state index in [1.165, 1.54) is 0 Å². The van der Waals surface area contributed by atoms with Crippen LogP contribution in [0.3, 0.4) is 0 Å². The Kier molecular flexibility index (Phi) is 3.04. The molecule has 0 atom stereocenters. The zero-order valence-corrected chi connectivity index (χ0v) is 8.96. The van der Waals surface area contributed by atoms with Crippen molar-refractivity contribution in [1.82, 2.24) is 10.1 Å². The summed E-state index contributed by atoms with van der Waals surface area (Å²) in [5.74, 6) is -1.18. The van der Waals surface area contributed by atoms with Gasteiger partial charge in [0.25, 0.3) is 5.82 Å². The molecule has 6 nitrogen and oxygen atoms in total. The van der Waals surface area contributed by atoms with E-state index in [9.17, 15) is 4.79 Å². The Morgan fingerprint density at radius 1 is 1.29 bits per heavy atom. The van der Waals surface area contributed by atoms with Gasteiger partial charge in [-0.1, -0.05) is 12.1 Å². The smallest absolute Gasteiger partial charge is 0.377 e. The van der Waals surface area contributed by atoms with Crippen LogP contribution in [0.4, 0.5) is 5.69 Å². The van der Waals surface area contributed by atoms with Gasteiger partial charge in [0.15, 0.2) is 0 Å². The molecule has 0 aliphatic rings. The molecule has 0 fully saturated rings. The Morgan fingerprint density at radius 2 is 2.00 bits per heavy atom. The molecule has 0 aliphatic heterocycles. The van der Waals surface area contributed by atoms with E-state index in [0.29, 0.717) is 24.4 Å². The number of nitrogens with zero attached hydrogens (tertiary/aromatic N) is 2. The lowest BCUT2D eigenvalue weighted by Crippen LogP contribution is -1.99. The van der Waals surface area contributed by atoms with Crippen LogP contribution >= 0.6 is 0 Å². The summed E-state index contributed by atoms with van der Waals surface area (Å²) in [7, 11) is 0. The number of nitrogens with two attached hydrogens (primary N) is 1. The van der Waals surface area contributed by atoms with E-state index in [1.807, 2.05) is 24.3 Å². The molecule has 2 rings (SSSR count). The Labute approximate surface area is 97.1 Å². The van der Waals surface area contributed by atoms with E-state index in [2.05, 4.69) is 10.1 Å². The van der Waals surface area contributed by atoms with Crippen LogP contribution in [0.25, 0.3) is 0 Å². The molecule has 88 valence electrons. The first-order valence-electron chi connectivity index (χ1n) is 5.05. The number of benzene rings is 1. The van der Waals surface area contributed by atoms with Crippen LogP contribution in [0.1, 0.15) is 22.1 Å². The normalized spacial score (nSPS) is 10.4. The summed E-state index contributed by atoms with van der Waals surface area (Å²) in [6.45, 7) is 0. The van der Waals surface area contributed by atoms with Crippen LogP contribution < -0.4 is 5.73 Å². The maximum Gasteiger partial charge on any atom is 0.377 e. The number of carbonyl (C=O) groups is 1. The van der Waals surface area contributed by atoms with Crippen LogP contribution in [-0.4, -0.2) is 21.2 Å². The molecule has 1 aromatic heterocycles. The zero-order chi connectivity index (χ0) is 12.3. The number of aromatic carboxylic acids is 1. The first-order valence-corrected chi connectivity index (χ1v) is 5.05. The van der Waals surface area contributed by atoms with Crippen molar-refractivity contribution in [3.63, 3.8) is 0 Å². The Morgan fingerprint density at radius 3 is 2.59 bits per heavy atom. The van der Waals surface area contributed by atoms with E-state index >= 15 is 0 Å². The minimum Gasteiger partial charge on any atom is -0.475 e. The molecule has 0 amide bonds. The molecule has 0 bridgehead atoms. The second kappa shape index (κ2) is 4.65. The van der Waals surface area contributed by atoms with Gasteiger partial charge in [-0.3, -0.25) is 0 Å². The van der Waals surface area contributed by atoms with Gasteiger partial charge >= 0.3 is 5.97 Å². The predicted molar refractivity (Wildman–Crippen MR) is 59.5 cm³/mol. The third-order valence-electron chi connectivity index (χ3n) is 2.27. The number of rotatable bonds is 4. The molecule has 0 unspecified atom stereocenters. The largest absolute Gasteiger partial charge is 0.475 e. The summed E-state index contributed by atoms with van der Waals surface area (Å²) in [5, 5.41) is 12.0. The molecule has 0 saturated heterocycles. The van der Waals surface area contributed by atoms with Gasteiger partial charge in [0.2, 0.25) is 5.89 Å². The number of hydrogen-bond donors (Lipinski definition) is 2. The summed E-state index contributed by atoms with van der Waals surface area (Å²) in [6, 6.07) is 7.44. The standard InChI is InChI=1S/C11H11N3O3/c12-8-4-1-7(2-5-8)3-6-9-13-10(11(15)16)14-17-9/h1-2,4-5H,3,6,12H2,(H,15,16). The van der Waals surface area contributed by atoms with E-state index in [1.54, 1.807) is 0 Å². The van der Waals surface area contributed by atoms with Crippen molar-refractivity contribution in [1.29, 1.82) is 0 Å². The highest BCUT2D eigenvalue weighted by Gasteiger charge is 2.12. The third kappa shape index (κ3) is 2.81. The summed E-state index contributed by atoms with van der Waals surface area (Å²) in [6.07, 6.45) is 1.20. The first-order chi connectivity index (χ1) is 8.15. The fourth-order valence-electron chi connectivity index (χ4n) is 1.38. The van der Waals surface area contributed by atoms with Gasteiger partial charge in [0.1, 0.15) is 0 Å². The minimum atomic E-state index is -1.19. The molecule has 1 heterocycles.